The molecule has 0 radical (unpaired) electrons. The van der Waals surface area contributed by atoms with Crippen molar-refractivity contribution in [1.29, 1.82) is 0 Å². The Kier molecular flexibility index (Phi) is 4.42. The summed E-state index contributed by atoms with van der Waals surface area (Å²) >= 11 is 0. The highest BCUT2D eigenvalue weighted by molar-refractivity contribution is 5.37. The summed E-state index contributed by atoms with van der Waals surface area (Å²) in [5.41, 5.74) is 4.60. The second-order valence-electron chi connectivity index (χ2n) is 6.54. The fourth-order valence-corrected chi connectivity index (χ4v) is 3.94. The predicted molar refractivity (Wildman–Crippen MR) is 85.1 cm³/mol. The van der Waals surface area contributed by atoms with Gasteiger partial charge in [-0.3, -0.25) is 4.90 Å². The first kappa shape index (κ1) is 14.1. The van der Waals surface area contributed by atoms with E-state index in [0.717, 1.165) is 6.04 Å². The van der Waals surface area contributed by atoms with Crippen LogP contribution >= 0.6 is 0 Å². The number of aryl methyl sites for hydroxylation is 2. The van der Waals surface area contributed by atoms with Gasteiger partial charge in [-0.2, -0.15) is 0 Å². The average Bonchev–Trinajstić information content (AvgIpc) is 3.07. The molecule has 0 bridgehead atoms. The van der Waals surface area contributed by atoms with Gasteiger partial charge in [-0.15, -0.1) is 0 Å². The van der Waals surface area contributed by atoms with Gasteiger partial charge < -0.3 is 5.32 Å². The van der Waals surface area contributed by atoms with E-state index in [1.54, 1.807) is 11.1 Å². The van der Waals surface area contributed by atoms with E-state index in [2.05, 4.69) is 42.3 Å². The average molecular weight is 272 g/mol. The van der Waals surface area contributed by atoms with E-state index >= 15 is 0 Å². The Morgan fingerprint density at radius 3 is 2.95 bits per heavy atom. The lowest BCUT2D eigenvalue weighted by Crippen LogP contribution is -2.39. The molecule has 2 aliphatic rings. The first-order chi connectivity index (χ1) is 9.78. The lowest BCUT2D eigenvalue weighted by atomic mass is 10.0. The van der Waals surface area contributed by atoms with E-state index in [9.17, 15) is 0 Å². The molecule has 1 aromatic rings. The fraction of sp³-hybridized carbons (Fsp3) is 0.667. The number of hydrogen-bond donors (Lipinski definition) is 1. The molecule has 1 heterocycles. The molecule has 2 heteroatoms. The van der Waals surface area contributed by atoms with Gasteiger partial charge in [0.25, 0.3) is 0 Å². The molecule has 2 nitrogen and oxygen atoms in total. The minimum atomic E-state index is 0.659. The number of fused-ring (bicyclic) bond motifs is 1. The van der Waals surface area contributed by atoms with Crippen molar-refractivity contribution in [3.05, 3.63) is 34.9 Å². The molecule has 20 heavy (non-hydrogen) atoms. The van der Waals surface area contributed by atoms with Crippen LogP contribution in [-0.2, 0) is 6.42 Å². The molecule has 2 unspecified atom stereocenters. The van der Waals surface area contributed by atoms with Crippen LogP contribution in [0.5, 0.6) is 0 Å². The Morgan fingerprint density at radius 2 is 2.20 bits per heavy atom. The highest BCUT2D eigenvalue weighted by atomic mass is 15.2. The van der Waals surface area contributed by atoms with E-state index in [4.69, 9.17) is 0 Å². The lowest BCUT2D eigenvalue weighted by Gasteiger charge is -2.32. The highest BCUT2D eigenvalue weighted by Crippen LogP contribution is 2.36. The third kappa shape index (κ3) is 2.91. The van der Waals surface area contributed by atoms with Crippen LogP contribution in [0.2, 0.25) is 0 Å². The van der Waals surface area contributed by atoms with E-state index < -0.39 is 0 Å². The molecule has 1 saturated heterocycles. The van der Waals surface area contributed by atoms with Crippen LogP contribution < -0.4 is 5.32 Å². The van der Waals surface area contributed by atoms with Gasteiger partial charge in [-0.1, -0.05) is 30.7 Å². The number of rotatable bonds is 5. The Balaban J connectivity index is 1.76. The Hall–Kier alpha value is -0.860. The summed E-state index contributed by atoms with van der Waals surface area (Å²) in [6.45, 7) is 8.20. The van der Waals surface area contributed by atoms with Gasteiger partial charge >= 0.3 is 0 Å². The van der Waals surface area contributed by atoms with Crippen LogP contribution in [0.1, 0.15) is 55.3 Å². The van der Waals surface area contributed by atoms with Crippen molar-refractivity contribution >= 4 is 0 Å². The Morgan fingerprint density at radius 1 is 1.30 bits per heavy atom. The van der Waals surface area contributed by atoms with Gasteiger partial charge in [0.15, 0.2) is 0 Å². The molecule has 1 aliphatic carbocycles. The van der Waals surface area contributed by atoms with Crippen LogP contribution in [-0.4, -0.2) is 30.6 Å². The monoisotopic (exact) mass is 272 g/mol. The third-order valence-corrected chi connectivity index (χ3v) is 4.92. The summed E-state index contributed by atoms with van der Waals surface area (Å²) in [7, 11) is 0. The van der Waals surface area contributed by atoms with Crippen molar-refractivity contribution in [3.8, 4) is 0 Å². The van der Waals surface area contributed by atoms with Crippen LogP contribution in [0.3, 0.4) is 0 Å². The maximum atomic E-state index is 3.66. The molecule has 0 spiro atoms. The molecule has 1 N–H and O–H groups in total. The summed E-state index contributed by atoms with van der Waals surface area (Å²) in [5, 5.41) is 3.66. The Labute approximate surface area is 123 Å². The summed E-state index contributed by atoms with van der Waals surface area (Å²) in [6, 6.07) is 8.42. The van der Waals surface area contributed by atoms with Gasteiger partial charge in [0, 0.05) is 18.6 Å². The SMILES string of the molecule is CCCN(CC1CCCN1)C1CCc2ccc(C)cc21. The molecular weight excluding hydrogens is 244 g/mol. The smallest absolute Gasteiger partial charge is 0.0354 e. The van der Waals surface area contributed by atoms with Gasteiger partial charge in [0.2, 0.25) is 0 Å². The maximum absolute atomic E-state index is 3.66. The van der Waals surface area contributed by atoms with Gasteiger partial charge in [-0.05, 0) is 63.2 Å². The molecule has 2 atom stereocenters. The number of benzene rings is 1. The lowest BCUT2D eigenvalue weighted by molar-refractivity contribution is 0.180. The summed E-state index contributed by atoms with van der Waals surface area (Å²) in [6.07, 6.45) is 6.53. The highest BCUT2D eigenvalue weighted by Gasteiger charge is 2.29. The van der Waals surface area contributed by atoms with Crippen LogP contribution in [0.4, 0.5) is 0 Å². The summed E-state index contributed by atoms with van der Waals surface area (Å²) in [5.74, 6) is 0. The standard InChI is InChI=1S/C18H28N2/c1-3-11-20(13-16-5-4-10-19-16)18-9-8-15-7-6-14(2)12-17(15)18/h6-7,12,16,18-19H,3-5,8-11,13H2,1-2H3. The summed E-state index contributed by atoms with van der Waals surface area (Å²) < 4.78 is 0. The number of nitrogens with zero attached hydrogens (tertiary/aromatic N) is 1. The molecule has 110 valence electrons. The number of nitrogens with one attached hydrogen (secondary N) is 1. The first-order valence-corrected chi connectivity index (χ1v) is 8.34. The zero-order chi connectivity index (χ0) is 13.9. The van der Waals surface area contributed by atoms with Crippen molar-refractivity contribution in [2.75, 3.05) is 19.6 Å². The normalized spacial score (nSPS) is 25.4. The van der Waals surface area contributed by atoms with Gasteiger partial charge in [0.05, 0.1) is 0 Å². The van der Waals surface area contributed by atoms with Crippen molar-refractivity contribution < 1.29 is 0 Å². The molecule has 3 rings (SSSR count). The van der Waals surface area contributed by atoms with E-state index in [-0.39, 0.29) is 0 Å². The van der Waals surface area contributed by atoms with Crippen LogP contribution in [0, 0.1) is 6.92 Å². The quantitative estimate of drug-likeness (QED) is 0.883. The maximum Gasteiger partial charge on any atom is 0.0354 e. The Bertz CT molecular complexity index is 449. The second-order valence-corrected chi connectivity index (χ2v) is 6.54. The largest absolute Gasteiger partial charge is 0.313 e. The zero-order valence-corrected chi connectivity index (χ0v) is 13.0. The van der Waals surface area contributed by atoms with Crippen molar-refractivity contribution in [2.24, 2.45) is 0 Å². The first-order valence-electron chi connectivity index (χ1n) is 8.34. The van der Waals surface area contributed by atoms with E-state index in [0.29, 0.717) is 6.04 Å². The molecule has 1 fully saturated rings. The van der Waals surface area contributed by atoms with E-state index in [1.807, 2.05) is 0 Å². The second kappa shape index (κ2) is 6.28. The predicted octanol–water partition coefficient (Wildman–Crippen LogP) is 3.45. The fourth-order valence-electron chi connectivity index (χ4n) is 3.94. The minimum absolute atomic E-state index is 0.659. The van der Waals surface area contributed by atoms with Gasteiger partial charge in [0.1, 0.15) is 0 Å². The molecule has 0 amide bonds. The van der Waals surface area contributed by atoms with Crippen molar-refractivity contribution in [1.82, 2.24) is 10.2 Å². The third-order valence-electron chi connectivity index (χ3n) is 4.92. The van der Waals surface area contributed by atoms with Crippen molar-refractivity contribution in [2.45, 2.75) is 58.0 Å². The zero-order valence-electron chi connectivity index (χ0n) is 13.0. The molecule has 1 aliphatic heterocycles. The van der Waals surface area contributed by atoms with E-state index in [1.165, 1.54) is 57.3 Å². The molecule has 1 aromatic carbocycles. The molecular formula is C18H28N2. The van der Waals surface area contributed by atoms with Gasteiger partial charge in [-0.25, -0.2) is 0 Å². The topological polar surface area (TPSA) is 15.3 Å². The minimum Gasteiger partial charge on any atom is -0.313 e. The summed E-state index contributed by atoms with van der Waals surface area (Å²) in [4.78, 5) is 2.74. The van der Waals surface area contributed by atoms with Crippen LogP contribution in [0.15, 0.2) is 18.2 Å². The number of hydrogen-bond acceptors (Lipinski definition) is 2. The molecule has 0 aromatic heterocycles. The van der Waals surface area contributed by atoms with Crippen LogP contribution in [0.25, 0.3) is 0 Å². The molecule has 0 saturated carbocycles. The van der Waals surface area contributed by atoms with Crippen molar-refractivity contribution in [3.63, 3.8) is 0 Å².